The predicted molar refractivity (Wildman–Crippen MR) is 68.0 cm³/mol. The van der Waals surface area contributed by atoms with Crippen molar-refractivity contribution in [3.8, 4) is 6.07 Å². The molecule has 0 aromatic carbocycles. The Bertz CT molecular complexity index is 449. The third-order valence-corrected chi connectivity index (χ3v) is 3.35. The first kappa shape index (κ1) is 11.9. The molecule has 0 radical (unpaired) electrons. The highest BCUT2D eigenvalue weighted by molar-refractivity contribution is 5.57. The topological polar surface area (TPSA) is 43.2 Å². The van der Waals surface area contributed by atoms with Gasteiger partial charge in [0.05, 0.1) is 5.56 Å². The number of nitriles is 1. The normalized spacial score (nSPS) is 21.3. The SMILES string of the molecule is Cc1ccnc(N2CCN(C)CC2C)c1C#N. The van der Waals surface area contributed by atoms with Gasteiger partial charge >= 0.3 is 0 Å². The van der Waals surface area contributed by atoms with Gasteiger partial charge in [-0.15, -0.1) is 0 Å². The van der Waals surface area contributed by atoms with Crippen LogP contribution in [-0.4, -0.2) is 42.6 Å². The van der Waals surface area contributed by atoms with Gasteiger partial charge in [0.15, 0.2) is 0 Å². The zero-order valence-corrected chi connectivity index (χ0v) is 10.6. The molecule has 1 aromatic heterocycles. The number of hydrogen-bond acceptors (Lipinski definition) is 4. The Hall–Kier alpha value is -1.60. The zero-order valence-electron chi connectivity index (χ0n) is 10.6. The van der Waals surface area contributed by atoms with E-state index in [1.54, 1.807) is 6.20 Å². The minimum Gasteiger partial charge on any atom is -0.350 e. The smallest absolute Gasteiger partial charge is 0.147 e. The van der Waals surface area contributed by atoms with E-state index in [1.165, 1.54) is 0 Å². The largest absolute Gasteiger partial charge is 0.350 e. The van der Waals surface area contributed by atoms with E-state index in [0.717, 1.165) is 31.0 Å². The summed E-state index contributed by atoms with van der Waals surface area (Å²) in [4.78, 5) is 8.94. The molecule has 17 heavy (non-hydrogen) atoms. The van der Waals surface area contributed by atoms with Crippen molar-refractivity contribution in [2.24, 2.45) is 0 Å². The summed E-state index contributed by atoms with van der Waals surface area (Å²) < 4.78 is 0. The first-order valence-corrected chi connectivity index (χ1v) is 5.94. The van der Waals surface area contributed by atoms with Gasteiger partial charge in [-0.3, -0.25) is 0 Å². The second kappa shape index (κ2) is 4.72. The fourth-order valence-corrected chi connectivity index (χ4v) is 2.35. The Morgan fingerprint density at radius 2 is 2.24 bits per heavy atom. The molecule has 1 unspecified atom stereocenters. The molecule has 0 aliphatic carbocycles. The molecule has 90 valence electrons. The lowest BCUT2D eigenvalue weighted by molar-refractivity contribution is 0.274. The van der Waals surface area contributed by atoms with Crippen LogP contribution in [0.25, 0.3) is 0 Å². The minimum absolute atomic E-state index is 0.398. The molecule has 1 aliphatic rings. The van der Waals surface area contributed by atoms with Gasteiger partial charge in [0.25, 0.3) is 0 Å². The highest BCUT2D eigenvalue weighted by Crippen LogP contribution is 2.23. The Labute approximate surface area is 102 Å². The monoisotopic (exact) mass is 230 g/mol. The molecule has 1 saturated heterocycles. The van der Waals surface area contributed by atoms with E-state index in [0.29, 0.717) is 11.6 Å². The molecule has 0 bridgehead atoms. The van der Waals surface area contributed by atoms with Crippen molar-refractivity contribution in [3.05, 3.63) is 23.4 Å². The molecule has 1 fully saturated rings. The Morgan fingerprint density at radius 3 is 2.88 bits per heavy atom. The first-order valence-electron chi connectivity index (χ1n) is 5.94. The van der Waals surface area contributed by atoms with Crippen molar-refractivity contribution >= 4 is 5.82 Å². The van der Waals surface area contributed by atoms with Crippen LogP contribution in [0.1, 0.15) is 18.1 Å². The summed E-state index contributed by atoms with van der Waals surface area (Å²) in [5.74, 6) is 0.841. The molecule has 0 amide bonds. The van der Waals surface area contributed by atoms with E-state index in [2.05, 4.69) is 34.8 Å². The van der Waals surface area contributed by atoms with Crippen molar-refractivity contribution in [1.82, 2.24) is 9.88 Å². The number of hydrogen-bond donors (Lipinski definition) is 0. The zero-order chi connectivity index (χ0) is 12.4. The standard InChI is InChI=1S/C13H18N4/c1-10-4-5-15-13(12(10)8-14)17-7-6-16(3)9-11(17)2/h4-5,11H,6-7,9H2,1-3H3. The molecule has 0 N–H and O–H groups in total. The molecule has 4 nitrogen and oxygen atoms in total. The summed E-state index contributed by atoms with van der Waals surface area (Å²) >= 11 is 0. The molecule has 1 aliphatic heterocycles. The number of aromatic nitrogens is 1. The van der Waals surface area contributed by atoms with Gasteiger partial charge in [-0.25, -0.2) is 4.98 Å². The fourth-order valence-electron chi connectivity index (χ4n) is 2.35. The highest BCUT2D eigenvalue weighted by atomic mass is 15.3. The minimum atomic E-state index is 0.398. The van der Waals surface area contributed by atoms with Crippen molar-refractivity contribution in [2.75, 3.05) is 31.6 Å². The molecule has 4 heteroatoms. The van der Waals surface area contributed by atoms with E-state index in [1.807, 2.05) is 13.0 Å². The average molecular weight is 230 g/mol. The summed E-state index contributed by atoms with van der Waals surface area (Å²) in [6.07, 6.45) is 1.79. The summed E-state index contributed by atoms with van der Waals surface area (Å²) in [5, 5.41) is 9.24. The number of likely N-dealkylation sites (N-methyl/N-ethyl adjacent to an activating group) is 1. The van der Waals surface area contributed by atoms with E-state index in [-0.39, 0.29) is 0 Å². The van der Waals surface area contributed by atoms with Gasteiger partial charge < -0.3 is 9.80 Å². The summed E-state index contributed by atoms with van der Waals surface area (Å²) in [7, 11) is 2.13. The van der Waals surface area contributed by atoms with Crippen molar-refractivity contribution < 1.29 is 0 Å². The van der Waals surface area contributed by atoms with Crippen molar-refractivity contribution in [3.63, 3.8) is 0 Å². The lowest BCUT2D eigenvalue weighted by atomic mass is 10.1. The molecule has 2 heterocycles. The van der Waals surface area contributed by atoms with Crippen LogP contribution in [0.3, 0.4) is 0 Å². The fraction of sp³-hybridized carbons (Fsp3) is 0.538. The molecule has 1 aromatic rings. The molecule has 2 rings (SSSR count). The third kappa shape index (κ3) is 2.25. The first-order chi connectivity index (χ1) is 8.13. The summed E-state index contributed by atoms with van der Waals surface area (Å²) in [6.45, 7) is 7.11. The Morgan fingerprint density at radius 1 is 1.47 bits per heavy atom. The summed E-state index contributed by atoms with van der Waals surface area (Å²) in [5.41, 5.74) is 1.72. The van der Waals surface area contributed by atoms with Crippen molar-refractivity contribution in [1.29, 1.82) is 5.26 Å². The van der Waals surface area contributed by atoms with Gasteiger partial charge in [-0.05, 0) is 32.5 Å². The number of piperazine rings is 1. The van der Waals surface area contributed by atoms with E-state index in [4.69, 9.17) is 0 Å². The molecular weight excluding hydrogens is 212 g/mol. The number of rotatable bonds is 1. The lowest BCUT2D eigenvalue weighted by Crippen LogP contribution is -2.51. The summed E-state index contributed by atoms with van der Waals surface area (Å²) in [6, 6.07) is 4.57. The van der Waals surface area contributed by atoms with Crippen LogP contribution in [0.15, 0.2) is 12.3 Å². The van der Waals surface area contributed by atoms with E-state index in [9.17, 15) is 5.26 Å². The number of pyridine rings is 1. The van der Waals surface area contributed by atoms with Gasteiger partial charge in [0.2, 0.25) is 0 Å². The lowest BCUT2D eigenvalue weighted by Gasteiger charge is -2.39. The quantitative estimate of drug-likeness (QED) is 0.731. The van der Waals surface area contributed by atoms with Crippen molar-refractivity contribution in [2.45, 2.75) is 19.9 Å². The molecule has 0 spiro atoms. The average Bonchev–Trinajstić information content (AvgIpc) is 2.29. The maximum atomic E-state index is 9.24. The van der Waals surface area contributed by atoms with E-state index >= 15 is 0 Å². The number of aryl methyl sites for hydroxylation is 1. The predicted octanol–water partition coefficient (Wildman–Crippen LogP) is 1.40. The maximum Gasteiger partial charge on any atom is 0.147 e. The van der Waals surface area contributed by atoms with Gasteiger partial charge in [0.1, 0.15) is 11.9 Å². The van der Waals surface area contributed by atoms with Crippen LogP contribution in [0.5, 0.6) is 0 Å². The maximum absolute atomic E-state index is 9.24. The van der Waals surface area contributed by atoms with Gasteiger partial charge in [0, 0.05) is 31.9 Å². The Balaban J connectivity index is 2.35. The van der Waals surface area contributed by atoms with Crippen LogP contribution < -0.4 is 4.90 Å². The number of anilines is 1. The van der Waals surface area contributed by atoms with Crippen LogP contribution in [-0.2, 0) is 0 Å². The molecule has 0 saturated carbocycles. The van der Waals surface area contributed by atoms with Crippen LogP contribution in [0, 0.1) is 18.3 Å². The third-order valence-electron chi connectivity index (χ3n) is 3.35. The van der Waals surface area contributed by atoms with E-state index < -0.39 is 0 Å². The van der Waals surface area contributed by atoms with Gasteiger partial charge in [-0.1, -0.05) is 0 Å². The second-order valence-electron chi connectivity index (χ2n) is 4.74. The van der Waals surface area contributed by atoms with Crippen LogP contribution >= 0.6 is 0 Å². The van der Waals surface area contributed by atoms with Crippen LogP contribution in [0.2, 0.25) is 0 Å². The molecule has 1 atom stereocenters. The molecular formula is C13H18N4. The van der Waals surface area contributed by atoms with Gasteiger partial charge in [-0.2, -0.15) is 5.26 Å². The second-order valence-corrected chi connectivity index (χ2v) is 4.74. The van der Waals surface area contributed by atoms with Crippen LogP contribution in [0.4, 0.5) is 5.82 Å². The number of nitrogens with zero attached hydrogens (tertiary/aromatic N) is 4. The Kier molecular flexibility index (Phi) is 3.30. The highest BCUT2D eigenvalue weighted by Gasteiger charge is 2.24.